The summed E-state index contributed by atoms with van der Waals surface area (Å²) < 4.78 is 31.7. The van der Waals surface area contributed by atoms with E-state index in [1.54, 1.807) is 18.3 Å². The van der Waals surface area contributed by atoms with Crippen LogP contribution in [0.4, 0.5) is 0 Å². The average molecular weight is 355 g/mol. The number of halogens is 1. The molecule has 0 radical (unpaired) electrons. The quantitative estimate of drug-likeness (QED) is 0.802. The fraction of sp³-hybridized carbons (Fsp3) is 0.200. The van der Waals surface area contributed by atoms with Crippen LogP contribution in [0.3, 0.4) is 0 Å². The maximum atomic E-state index is 12.3. The van der Waals surface area contributed by atoms with Crippen molar-refractivity contribution in [2.75, 3.05) is 13.7 Å². The van der Waals surface area contributed by atoms with Crippen molar-refractivity contribution >= 4 is 27.6 Å². The number of nitrogens with zero attached hydrogens (tertiary/aromatic N) is 1. The highest BCUT2D eigenvalue weighted by Crippen LogP contribution is 2.23. The molecule has 0 spiro atoms. The molecule has 122 valence electrons. The second kappa shape index (κ2) is 7.54. The van der Waals surface area contributed by atoms with Crippen LogP contribution in [0.15, 0.2) is 47.5 Å². The second-order valence-corrected chi connectivity index (χ2v) is 6.75. The largest absolute Gasteiger partial charge is 0.465 e. The molecule has 0 fully saturated rings. The summed E-state index contributed by atoms with van der Waals surface area (Å²) in [7, 11) is -2.62. The van der Waals surface area contributed by atoms with Crippen molar-refractivity contribution in [3.8, 4) is 0 Å². The van der Waals surface area contributed by atoms with Gasteiger partial charge in [-0.3, -0.25) is 4.98 Å². The molecule has 2 rings (SSSR count). The first-order valence-electron chi connectivity index (χ1n) is 6.71. The molecule has 6 nitrogen and oxygen atoms in total. The van der Waals surface area contributed by atoms with E-state index in [1.165, 1.54) is 25.3 Å². The lowest BCUT2D eigenvalue weighted by molar-refractivity contribution is 0.0600. The van der Waals surface area contributed by atoms with E-state index in [4.69, 9.17) is 11.6 Å². The normalized spacial score (nSPS) is 11.2. The Kier molecular flexibility index (Phi) is 5.70. The van der Waals surface area contributed by atoms with E-state index in [2.05, 4.69) is 14.4 Å². The number of nitrogens with one attached hydrogen (secondary N) is 1. The first kappa shape index (κ1) is 17.4. The number of hydrogen-bond acceptors (Lipinski definition) is 5. The first-order valence-corrected chi connectivity index (χ1v) is 8.57. The summed E-state index contributed by atoms with van der Waals surface area (Å²) in [5.74, 6) is -0.633. The van der Waals surface area contributed by atoms with Gasteiger partial charge < -0.3 is 4.74 Å². The van der Waals surface area contributed by atoms with E-state index in [0.717, 1.165) is 5.69 Å². The van der Waals surface area contributed by atoms with Gasteiger partial charge in [0.25, 0.3) is 0 Å². The first-order chi connectivity index (χ1) is 10.9. The third-order valence-corrected chi connectivity index (χ3v) is 4.98. The van der Waals surface area contributed by atoms with E-state index >= 15 is 0 Å². The van der Waals surface area contributed by atoms with E-state index in [9.17, 15) is 13.2 Å². The predicted molar refractivity (Wildman–Crippen MR) is 85.9 cm³/mol. The highest BCUT2D eigenvalue weighted by molar-refractivity contribution is 7.89. The van der Waals surface area contributed by atoms with Gasteiger partial charge in [0, 0.05) is 24.9 Å². The van der Waals surface area contributed by atoms with Crippen LogP contribution in [0.2, 0.25) is 5.02 Å². The van der Waals surface area contributed by atoms with Gasteiger partial charge in [0.1, 0.15) is 4.90 Å². The Hall–Kier alpha value is -1.96. The van der Waals surface area contributed by atoms with Gasteiger partial charge in [-0.05, 0) is 30.3 Å². The highest BCUT2D eigenvalue weighted by atomic mass is 35.5. The van der Waals surface area contributed by atoms with E-state index in [-0.39, 0.29) is 22.0 Å². The fourth-order valence-corrected chi connectivity index (χ4v) is 3.45. The maximum absolute atomic E-state index is 12.3. The molecule has 0 saturated heterocycles. The van der Waals surface area contributed by atoms with Crippen LogP contribution in [0.5, 0.6) is 0 Å². The lowest BCUT2D eigenvalue weighted by Gasteiger charge is -2.09. The molecule has 0 aliphatic rings. The van der Waals surface area contributed by atoms with Crippen LogP contribution in [0, 0.1) is 0 Å². The Morgan fingerprint density at radius 1 is 1.30 bits per heavy atom. The van der Waals surface area contributed by atoms with Crippen LogP contribution in [0.25, 0.3) is 0 Å². The zero-order valence-electron chi connectivity index (χ0n) is 12.3. The molecule has 1 aromatic carbocycles. The number of hydrogen-bond donors (Lipinski definition) is 1. The third-order valence-electron chi connectivity index (χ3n) is 3.04. The number of aromatic nitrogens is 1. The van der Waals surface area contributed by atoms with Crippen molar-refractivity contribution in [2.45, 2.75) is 11.3 Å². The molecule has 1 aromatic heterocycles. The van der Waals surface area contributed by atoms with Crippen LogP contribution < -0.4 is 4.72 Å². The summed E-state index contributed by atoms with van der Waals surface area (Å²) in [5, 5.41) is 0.0305. The molecule has 0 amide bonds. The Morgan fingerprint density at radius 3 is 2.74 bits per heavy atom. The van der Waals surface area contributed by atoms with Crippen LogP contribution in [0.1, 0.15) is 16.1 Å². The van der Waals surface area contributed by atoms with Crippen molar-refractivity contribution in [3.63, 3.8) is 0 Å². The maximum Gasteiger partial charge on any atom is 0.337 e. The molecule has 1 heterocycles. The summed E-state index contributed by atoms with van der Waals surface area (Å²) >= 11 is 5.94. The molecule has 1 N–H and O–H groups in total. The van der Waals surface area contributed by atoms with Gasteiger partial charge in [0.15, 0.2) is 0 Å². The number of sulfonamides is 1. The predicted octanol–water partition coefficient (Wildman–Crippen LogP) is 2.04. The van der Waals surface area contributed by atoms with Crippen molar-refractivity contribution in [1.82, 2.24) is 9.71 Å². The molecule has 2 aromatic rings. The van der Waals surface area contributed by atoms with Gasteiger partial charge in [-0.2, -0.15) is 0 Å². The van der Waals surface area contributed by atoms with Crippen molar-refractivity contribution in [2.24, 2.45) is 0 Å². The smallest absolute Gasteiger partial charge is 0.337 e. The summed E-state index contributed by atoms with van der Waals surface area (Å²) in [6.07, 6.45) is 2.08. The van der Waals surface area contributed by atoms with E-state index in [0.29, 0.717) is 6.42 Å². The summed E-state index contributed by atoms with van der Waals surface area (Å²) in [6.45, 7) is 0.165. The number of esters is 1. The molecule has 8 heteroatoms. The zero-order valence-corrected chi connectivity index (χ0v) is 13.9. The number of methoxy groups -OCH3 is 1. The molecular weight excluding hydrogens is 340 g/mol. The SMILES string of the molecule is COC(=O)c1ccc(Cl)c(S(=O)(=O)NCCc2ccccn2)c1. The van der Waals surface area contributed by atoms with Gasteiger partial charge >= 0.3 is 5.97 Å². The molecule has 0 aliphatic carbocycles. The molecule has 0 bridgehead atoms. The molecule has 0 aliphatic heterocycles. The summed E-state index contributed by atoms with van der Waals surface area (Å²) in [6, 6.07) is 9.36. The number of rotatable bonds is 6. The number of carbonyl (C=O) groups excluding carboxylic acids is 1. The lowest BCUT2D eigenvalue weighted by Crippen LogP contribution is -2.26. The number of carbonyl (C=O) groups is 1. The van der Waals surface area contributed by atoms with Gasteiger partial charge in [0.05, 0.1) is 17.7 Å². The lowest BCUT2D eigenvalue weighted by atomic mass is 10.2. The second-order valence-electron chi connectivity index (χ2n) is 4.61. The third kappa shape index (κ3) is 4.51. The fourth-order valence-electron chi connectivity index (χ4n) is 1.89. The molecule has 0 atom stereocenters. The highest BCUT2D eigenvalue weighted by Gasteiger charge is 2.20. The monoisotopic (exact) mass is 354 g/mol. The summed E-state index contributed by atoms with van der Waals surface area (Å²) in [5.41, 5.74) is 0.881. The minimum atomic E-state index is -3.84. The molecular formula is C15H15ClN2O4S. The molecule has 0 unspecified atom stereocenters. The summed E-state index contributed by atoms with van der Waals surface area (Å²) in [4.78, 5) is 15.5. The van der Waals surface area contributed by atoms with E-state index < -0.39 is 16.0 Å². The average Bonchev–Trinajstić information content (AvgIpc) is 2.55. The van der Waals surface area contributed by atoms with Gasteiger partial charge in [0.2, 0.25) is 10.0 Å². The van der Waals surface area contributed by atoms with Crippen LogP contribution in [-0.2, 0) is 21.2 Å². The standard InChI is InChI=1S/C15H15ClN2O4S/c1-22-15(19)11-5-6-13(16)14(10-11)23(20,21)18-9-7-12-4-2-3-8-17-12/h2-6,8,10,18H,7,9H2,1H3. The topological polar surface area (TPSA) is 85.4 Å². The Morgan fingerprint density at radius 2 is 2.09 bits per heavy atom. The molecule has 0 saturated carbocycles. The van der Waals surface area contributed by atoms with E-state index in [1.807, 2.05) is 6.07 Å². The minimum absolute atomic E-state index is 0.0305. The Balaban J connectivity index is 2.14. The van der Waals surface area contributed by atoms with Gasteiger partial charge in [-0.1, -0.05) is 17.7 Å². The number of ether oxygens (including phenoxy) is 1. The van der Waals surface area contributed by atoms with Crippen LogP contribution >= 0.6 is 11.6 Å². The van der Waals surface area contributed by atoms with Gasteiger partial charge in [-0.15, -0.1) is 0 Å². The number of benzene rings is 1. The van der Waals surface area contributed by atoms with Gasteiger partial charge in [-0.25, -0.2) is 17.9 Å². The van der Waals surface area contributed by atoms with Crippen molar-refractivity contribution in [1.29, 1.82) is 0 Å². The van der Waals surface area contributed by atoms with Crippen LogP contribution in [-0.4, -0.2) is 33.0 Å². The number of pyridine rings is 1. The zero-order chi connectivity index (χ0) is 16.9. The minimum Gasteiger partial charge on any atom is -0.465 e. The van der Waals surface area contributed by atoms with Crippen molar-refractivity contribution < 1.29 is 17.9 Å². The van der Waals surface area contributed by atoms with Crippen molar-refractivity contribution in [3.05, 3.63) is 58.9 Å². The Bertz CT molecular complexity index is 794. The molecule has 23 heavy (non-hydrogen) atoms. The Labute approximate surface area is 139 Å².